The zero-order chi connectivity index (χ0) is 16.6. The van der Waals surface area contributed by atoms with Gasteiger partial charge in [-0.25, -0.2) is 4.68 Å². The van der Waals surface area contributed by atoms with Crippen LogP contribution in [-0.4, -0.2) is 16.3 Å². The van der Waals surface area contributed by atoms with E-state index in [-0.39, 0.29) is 10.7 Å². The van der Waals surface area contributed by atoms with Crippen LogP contribution in [0.25, 0.3) is 5.69 Å². The summed E-state index contributed by atoms with van der Waals surface area (Å²) in [7, 11) is 0. The van der Waals surface area contributed by atoms with Crippen molar-refractivity contribution < 1.29 is 13.2 Å². The van der Waals surface area contributed by atoms with Crippen molar-refractivity contribution in [1.29, 1.82) is 0 Å². The highest BCUT2D eigenvalue weighted by Gasteiger charge is 2.35. The van der Waals surface area contributed by atoms with E-state index in [1.165, 1.54) is 16.8 Å². The van der Waals surface area contributed by atoms with Gasteiger partial charge in [0.05, 0.1) is 16.9 Å². The lowest BCUT2D eigenvalue weighted by Crippen LogP contribution is -2.14. The van der Waals surface area contributed by atoms with E-state index in [0.717, 1.165) is 43.1 Å². The van der Waals surface area contributed by atoms with E-state index in [4.69, 9.17) is 11.6 Å². The quantitative estimate of drug-likeness (QED) is 0.844. The van der Waals surface area contributed by atoms with Crippen LogP contribution in [0.3, 0.4) is 0 Å². The molecule has 1 aromatic carbocycles. The first-order chi connectivity index (χ1) is 10.9. The van der Waals surface area contributed by atoms with Crippen molar-refractivity contribution in [2.45, 2.75) is 38.8 Å². The van der Waals surface area contributed by atoms with Gasteiger partial charge in [-0.15, -0.1) is 0 Å². The lowest BCUT2D eigenvalue weighted by molar-refractivity contribution is -0.137. The van der Waals surface area contributed by atoms with Gasteiger partial charge in [0.25, 0.3) is 0 Å². The fraction of sp³-hybridized carbons (Fsp3) is 0.438. The molecule has 3 rings (SSSR count). The Morgan fingerprint density at radius 2 is 2.09 bits per heavy atom. The Labute approximate surface area is 137 Å². The number of benzene rings is 1. The number of fused-ring (bicyclic) bond motifs is 1. The molecule has 124 valence electrons. The summed E-state index contributed by atoms with van der Waals surface area (Å²) in [5.41, 5.74) is 1.10. The highest BCUT2D eigenvalue weighted by molar-refractivity contribution is 6.30. The van der Waals surface area contributed by atoms with Crippen LogP contribution in [0.4, 0.5) is 19.0 Å². The van der Waals surface area contributed by atoms with Crippen LogP contribution in [0.15, 0.2) is 18.2 Å². The molecule has 0 unspecified atom stereocenters. The predicted octanol–water partition coefficient (Wildman–Crippen LogP) is 4.86. The number of nitrogens with zero attached hydrogens (tertiary/aromatic N) is 2. The minimum atomic E-state index is -4.49. The number of hydrogen-bond donors (Lipinski definition) is 1. The maximum atomic E-state index is 13.4. The molecule has 7 heteroatoms. The van der Waals surface area contributed by atoms with Gasteiger partial charge in [-0.2, -0.15) is 18.3 Å². The summed E-state index contributed by atoms with van der Waals surface area (Å²) >= 11 is 5.77. The number of hydrogen-bond acceptors (Lipinski definition) is 2. The SMILES string of the molecule is CCc1nn(-c2ccc(Cl)cc2C(F)(F)F)c2c1CCCCN2. The molecular formula is C16H17ClF3N3. The van der Waals surface area contributed by atoms with Crippen LogP contribution in [0.1, 0.15) is 36.6 Å². The fourth-order valence-corrected chi connectivity index (χ4v) is 3.12. The lowest BCUT2D eigenvalue weighted by Gasteiger charge is -2.16. The van der Waals surface area contributed by atoms with Gasteiger partial charge in [-0.3, -0.25) is 0 Å². The molecule has 2 heterocycles. The van der Waals surface area contributed by atoms with Gasteiger partial charge < -0.3 is 5.32 Å². The third kappa shape index (κ3) is 3.04. The van der Waals surface area contributed by atoms with Crippen LogP contribution >= 0.6 is 11.6 Å². The van der Waals surface area contributed by atoms with Crippen molar-refractivity contribution in [1.82, 2.24) is 9.78 Å². The molecule has 1 aromatic heterocycles. The smallest absolute Gasteiger partial charge is 0.370 e. The van der Waals surface area contributed by atoms with Gasteiger partial charge in [0.1, 0.15) is 5.82 Å². The topological polar surface area (TPSA) is 29.9 Å². The second-order valence-corrected chi connectivity index (χ2v) is 6.02. The molecule has 0 amide bonds. The summed E-state index contributed by atoms with van der Waals surface area (Å²) in [6, 6.07) is 3.79. The maximum Gasteiger partial charge on any atom is 0.418 e. The zero-order valence-electron chi connectivity index (χ0n) is 12.7. The molecule has 1 aliphatic rings. The zero-order valence-corrected chi connectivity index (χ0v) is 13.4. The van der Waals surface area contributed by atoms with Crippen molar-refractivity contribution in [3.63, 3.8) is 0 Å². The average molecular weight is 344 g/mol. The Bertz CT molecular complexity index is 722. The lowest BCUT2D eigenvalue weighted by atomic mass is 10.1. The van der Waals surface area contributed by atoms with E-state index >= 15 is 0 Å². The highest BCUT2D eigenvalue weighted by atomic mass is 35.5. The monoisotopic (exact) mass is 343 g/mol. The van der Waals surface area contributed by atoms with Gasteiger partial charge in [0.2, 0.25) is 0 Å². The van der Waals surface area contributed by atoms with Crippen molar-refractivity contribution in [2.75, 3.05) is 11.9 Å². The Kier molecular flexibility index (Phi) is 4.27. The number of nitrogens with one attached hydrogen (secondary N) is 1. The molecule has 0 atom stereocenters. The number of rotatable bonds is 2. The van der Waals surface area contributed by atoms with Crippen LogP contribution in [0.5, 0.6) is 0 Å². The van der Waals surface area contributed by atoms with E-state index < -0.39 is 11.7 Å². The largest absolute Gasteiger partial charge is 0.418 e. The standard InChI is InChI=1S/C16H17ClF3N3/c1-2-13-11-5-3-4-8-21-15(11)23(22-13)14-7-6-10(17)9-12(14)16(18,19)20/h6-7,9,21H,2-5,8H2,1H3. The number of halogens is 4. The molecule has 0 fully saturated rings. The van der Waals surface area contributed by atoms with Crippen LogP contribution in [-0.2, 0) is 19.0 Å². The summed E-state index contributed by atoms with van der Waals surface area (Å²) in [6.45, 7) is 2.70. The van der Waals surface area contributed by atoms with E-state index in [2.05, 4.69) is 10.4 Å². The maximum absolute atomic E-state index is 13.4. The van der Waals surface area contributed by atoms with E-state index in [1.807, 2.05) is 6.92 Å². The first kappa shape index (κ1) is 16.2. The normalized spacial score (nSPS) is 15.0. The second kappa shape index (κ2) is 6.07. The minimum absolute atomic E-state index is 0.00671. The molecule has 0 spiro atoms. The van der Waals surface area contributed by atoms with Gasteiger partial charge in [0, 0.05) is 17.1 Å². The average Bonchev–Trinajstić information content (AvgIpc) is 2.68. The molecule has 1 aliphatic heterocycles. The van der Waals surface area contributed by atoms with Crippen molar-refractivity contribution in [3.05, 3.63) is 40.0 Å². The molecular weight excluding hydrogens is 327 g/mol. The van der Waals surface area contributed by atoms with Crippen molar-refractivity contribution in [3.8, 4) is 5.69 Å². The van der Waals surface area contributed by atoms with Gasteiger partial charge >= 0.3 is 6.18 Å². The summed E-state index contributed by atoms with van der Waals surface area (Å²) in [4.78, 5) is 0. The van der Waals surface area contributed by atoms with Crippen LogP contribution < -0.4 is 5.32 Å². The van der Waals surface area contributed by atoms with Crippen molar-refractivity contribution >= 4 is 17.4 Å². The van der Waals surface area contributed by atoms with Crippen LogP contribution in [0, 0.1) is 0 Å². The molecule has 0 saturated carbocycles. The Hall–Kier alpha value is -1.69. The van der Waals surface area contributed by atoms with E-state index in [9.17, 15) is 13.2 Å². The summed E-state index contributed by atoms with van der Waals surface area (Å²) < 4.78 is 41.6. The number of aromatic nitrogens is 2. The molecule has 0 saturated heterocycles. The molecule has 0 bridgehead atoms. The summed E-state index contributed by atoms with van der Waals surface area (Å²) in [5, 5.41) is 7.74. The van der Waals surface area contributed by atoms with E-state index in [0.29, 0.717) is 12.2 Å². The van der Waals surface area contributed by atoms with Gasteiger partial charge in [0.15, 0.2) is 0 Å². The number of aryl methyl sites for hydroxylation is 1. The van der Waals surface area contributed by atoms with Crippen LogP contribution in [0.2, 0.25) is 5.02 Å². The number of anilines is 1. The second-order valence-electron chi connectivity index (χ2n) is 5.58. The van der Waals surface area contributed by atoms with E-state index in [1.54, 1.807) is 0 Å². The Morgan fingerprint density at radius 3 is 2.78 bits per heavy atom. The summed E-state index contributed by atoms with van der Waals surface area (Å²) in [5.74, 6) is 0.673. The third-order valence-corrected chi connectivity index (χ3v) is 4.27. The van der Waals surface area contributed by atoms with Gasteiger partial charge in [-0.1, -0.05) is 18.5 Å². The molecule has 1 N–H and O–H groups in total. The first-order valence-corrected chi connectivity index (χ1v) is 8.01. The molecule has 0 radical (unpaired) electrons. The van der Waals surface area contributed by atoms with Gasteiger partial charge in [-0.05, 0) is 43.9 Å². The Balaban J connectivity index is 2.22. The number of alkyl halides is 3. The van der Waals surface area contributed by atoms with Crippen molar-refractivity contribution in [2.24, 2.45) is 0 Å². The first-order valence-electron chi connectivity index (χ1n) is 7.63. The minimum Gasteiger partial charge on any atom is -0.370 e. The highest BCUT2D eigenvalue weighted by Crippen LogP contribution is 2.38. The molecule has 2 aromatic rings. The molecule has 0 aliphatic carbocycles. The predicted molar refractivity (Wildman–Crippen MR) is 84.4 cm³/mol. The molecule has 23 heavy (non-hydrogen) atoms. The molecule has 3 nitrogen and oxygen atoms in total. The third-order valence-electron chi connectivity index (χ3n) is 4.04. The summed E-state index contributed by atoms with van der Waals surface area (Å²) in [6.07, 6.45) is -0.974. The Morgan fingerprint density at radius 1 is 1.30 bits per heavy atom. The fourth-order valence-electron chi connectivity index (χ4n) is 2.95.